The Hall–Kier alpha value is -1.71. The Morgan fingerprint density at radius 1 is 1.53 bits per heavy atom. The molecule has 1 aromatic carbocycles. The van der Waals surface area contributed by atoms with Crippen LogP contribution in [0.15, 0.2) is 18.2 Å². The Morgan fingerprint density at radius 2 is 2.20 bits per heavy atom. The second kappa shape index (κ2) is 4.68. The molecule has 0 atom stereocenters. The predicted molar refractivity (Wildman–Crippen MR) is 64.1 cm³/mol. The minimum absolute atomic E-state index is 0.00870. The van der Waals surface area contributed by atoms with E-state index < -0.39 is 0 Å². The lowest BCUT2D eigenvalue weighted by molar-refractivity contribution is -0.116. The maximum absolute atomic E-state index is 11.1. The van der Waals surface area contributed by atoms with E-state index in [0.717, 1.165) is 17.9 Å². The number of benzene rings is 1. The summed E-state index contributed by atoms with van der Waals surface area (Å²) in [5.74, 6) is -0.00870. The van der Waals surface area contributed by atoms with Gasteiger partial charge in [0.2, 0.25) is 5.91 Å². The van der Waals surface area contributed by atoms with Crippen molar-refractivity contribution in [2.45, 2.75) is 13.8 Å². The molecule has 1 rings (SSSR count). The van der Waals surface area contributed by atoms with Crippen LogP contribution in [0.2, 0.25) is 0 Å². The minimum atomic E-state index is -0.00870. The first kappa shape index (κ1) is 11.4. The van der Waals surface area contributed by atoms with Gasteiger partial charge in [-0.2, -0.15) is 0 Å². The van der Waals surface area contributed by atoms with Crippen LogP contribution in [0.3, 0.4) is 0 Å². The van der Waals surface area contributed by atoms with Crippen LogP contribution in [0.1, 0.15) is 13.8 Å². The second-order valence-electron chi connectivity index (χ2n) is 3.38. The van der Waals surface area contributed by atoms with Crippen LogP contribution in [-0.4, -0.2) is 19.5 Å². The summed E-state index contributed by atoms with van der Waals surface area (Å²) >= 11 is 0. The van der Waals surface area contributed by atoms with Crippen LogP contribution in [0.5, 0.6) is 0 Å². The first-order valence-electron chi connectivity index (χ1n) is 4.94. The highest BCUT2D eigenvalue weighted by atomic mass is 16.2. The highest BCUT2D eigenvalue weighted by Crippen LogP contribution is 2.24. The molecule has 0 heterocycles. The molecule has 4 heteroatoms. The zero-order valence-electron chi connectivity index (χ0n) is 9.37. The van der Waals surface area contributed by atoms with Crippen molar-refractivity contribution in [2.24, 2.45) is 0 Å². The topological polar surface area (TPSA) is 58.4 Å². The van der Waals surface area contributed by atoms with E-state index >= 15 is 0 Å². The fourth-order valence-electron chi connectivity index (χ4n) is 1.29. The Morgan fingerprint density at radius 3 is 2.67 bits per heavy atom. The summed E-state index contributed by atoms with van der Waals surface area (Å²) in [6, 6.07) is 5.54. The van der Waals surface area contributed by atoms with E-state index in [2.05, 4.69) is 5.32 Å². The molecule has 0 bridgehead atoms. The maximum Gasteiger partial charge on any atom is 0.223 e. The van der Waals surface area contributed by atoms with Crippen molar-refractivity contribution in [1.82, 2.24) is 0 Å². The lowest BCUT2D eigenvalue weighted by Crippen LogP contribution is -2.22. The third kappa shape index (κ3) is 2.62. The third-order valence-corrected chi connectivity index (χ3v) is 2.26. The number of amides is 1. The maximum atomic E-state index is 11.1. The van der Waals surface area contributed by atoms with Crippen molar-refractivity contribution in [2.75, 3.05) is 29.5 Å². The summed E-state index contributed by atoms with van der Waals surface area (Å²) in [5, 5.41) is 3.14. The Kier molecular flexibility index (Phi) is 3.55. The van der Waals surface area contributed by atoms with Crippen LogP contribution >= 0.6 is 0 Å². The van der Waals surface area contributed by atoms with E-state index in [1.165, 1.54) is 6.92 Å². The molecule has 0 spiro atoms. The number of hydrogen-bond donors (Lipinski definition) is 2. The molecule has 0 fully saturated rings. The van der Waals surface area contributed by atoms with Gasteiger partial charge in [0.25, 0.3) is 0 Å². The van der Waals surface area contributed by atoms with Crippen LogP contribution in [-0.2, 0) is 4.79 Å². The fourth-order valence-corrected chi connectivity index (χ4v) is 1.29. The van der Waals surface area contributed by atoms with Crippen LogP contribution in [0.4, 0.5) is 17.1 Å². The van der Waals surface area contributed by atoms with Gasteiger partial charge in [-0.25, -0.2) is 0 Å². The van der Waals surface area contributed by atoms with Gasteiger partial charge in [0.1, 0.15) is 0 Å². The highest BCUT2D eigenvalue weighted by Gasteiger charge is 2.07. The van der Waals surface area contributed by atoms with Gasteiger partial charge in [0, 0.05) is 26.2 Å². The van der Waals surface area contributed by atoms with Gasteiger partial charge in [-0.05, 0) is 25.1 Å². The molecular weight excluding hydrogens is 190 g/mol. The first-order valence-corrected chi connectivity index (χ1v) is 4.94. The summed E-state index contributed by atoms with van der Waals surface area (Å²) < 4.78 is 0. The van der Waals surface area contributed by atoms with Gasteiger partial charge >= 0.3 is 0 Å². The summed E-state index contributed by atoms with van der Waals surface area (Å²) in [6.45, 7) is 4.36. The molecule has 0 radical (unpaired) electrons. The predicted octanol–water partition coefficient (Wildman–Crippen LogP) is 1.68. The molecule has 0 aliphatic rings. The molecule has 0 aliphatic carbocycles. The Bertz CT molecular complexity index is 363. The zero-order chi connectivity index (χ0) is 11.4. The summed E-state index contributed by atoms with van der Waals surface area (Å²) in [5.41, 5.74) is 8.21. The molecule has 0 unspecified atom stereocenters. The number of nitrogens with two attached hydrogens (primary N) is 1. The fraction of sp³-hybridized carbons (Fsp3) is 0.364. The summed E-state index contributed by atoms with van der Waals surface area (Å²) in [7, 11) is 1.73. The third-order valence-electron chi connectivity index (χ3n) is 2.26. The Balaban J connectivity index is 2.95. The molecule has 0 aliphatic heterocycles. The standard InChI is InChI=1S/C11H17N3O/c1-4-13-11-6-5-9(7-10(11)12)14(3)8(2)15/h5-7,13H,4,12H2,1-3H3. The number of nitrogens with one attached hydrogen (secondary N) is 1. The average molecular weight is 207 g/mol. The van der Waals surface area contributed by atoms with Crippen LogP contribution in [0, 0.1) is 0 Å². The SMILES string of the molecule is CCNc1ccc(N(C)C(C)=O)cc1N. The minimum Gasteiger partial charge on any atom is -0.397 e. The number of nitrogens with zero attached hydrogens (tertiary/aromatic N) is 1. The van der Waals surface area contributed by atoms with E-state index in [1.807, 2.05) is 19.1 Å². The van der Waals surface area contributed by atoms with Crippen molar-refractivity contribution < 1.29 is 4.79 Å². The first-order chi connectivity index (χ1) is 7.06. The van der Waals surface area contributed by atoms with E-state index in [-0.39, 0.29) is 5.91 Å². The van der Waals surface area contributed by atoms with Crippen molar-refractivity contribution in [3.8, 4) is 0 Å². The molecular formula is C11H17N3O. The van der Waals surface area contributed by atoms with E-state index in [4.69, 9.17) is 5.73 Å². The van der Waals surface area contributed by atoms with Crippen molar-refractivity contribution >= 4 is 23.0 Å². The molecule has 1 amide bonds. The quantitative estimate of drug-likeness (QED) is 0.741. The van der Waals surface area contributed by atoms with E-state index in [1.54, 1.807) is 18.0 Å². The highest BCUT2D eigenvalue weighted by molar-refractivity contribution is 5.92. The summed E-state index contributed by atoms with van der Waals surface area (Å²) in [6.07, 6.45) is 0. The van der Waals surface area contributed by atoms with Crippen LogP contribution in [0.25, 0.3) is 0 Å². The number of rotatable bonds is 3. The molecule has 0 aromatic heterocycles. The largest absolute Gasteiger partial charge is 0.397 e. The molecule has 0 saturated carbocycles. The van der Waals surface area contributed by atoms with Crippen molar-refractivity contribution in [3.05, 3.63) is 18.2 Å². The number of nitrogen functional groups attached to an aromatic ring is 1. The van der Waals surface area contributed by atoms with Gasteiger partial charge in [-0.15, -0.1) is 0 Å². The number of anilines is 3. The van der Waals surface area contributed by atoms with Crippen molar-refractivity contribution in [1.29, 1.82) is 0 Å². The molecule has 15 heavy (non-hydrogen) atoms. The van der Waals surface area contributed by atoms with Gasteiger partial charge in [-0.3, -0.25) is 4.79 Å². The smallest absolute Gasteiger partial charge is 0.223 e. The molecule has 3 N–H and O–H groups in total. The zero-order valence-corrected chi connectivity index (χ0v) is 9.37. The van der Waals surface area contributed by atoms with E-state index in [9.17, 15) is 4.79 Å². The lowest BCUT2D eigenvalue weighted by atomic mass is 10.2. The molecule has 82 valence electrons. The average Bonchev–Trinajstić information content (AvgIpc) is 2.20. The van der Waals surface area contributed by atoms with Crippen molar-refractivity contribution in [3.63, 3.8) is 0 Å². The lowest BCUT2D eigenvalue weighted by Gasteiger charge is -2.17. The van der Waals surface area contributed by atoms with Gasteiger partial charge in [-0.1, -0.05) is 0 Å². The normalized spacial score (nSPS) is 9.80. The Labute approximate surface area is 90.1 Å². The number of hydrogen-bond acceptors (Lipinski definition) is 3. The monoisotopic (exact) mass is 207 g/mol. The van der Waals surface area contributed by atoms with Gasteiger partial charge in [0.05, 0.1) is 11.4 Å². The van der Waals surface area contributed by atoms with Gasteiger partial charge in [0.15, 0.2) is 0 Å². The summed E-state index contributed by atoms with van der Waals surface area (Å²) in [4.78, 5) is 12.7. The second-order valence-corrected chi connectivity index (χ2v) is 3.38. The van der Waals surface area contributed by atoms with Crippen LogP contribution < -0.4 is 16.0 Å². The molecule has 1 aromatic rings. The number of carbonyl (C=O) groups excluding carboxylic acids is 1. The molecule has 4 nitrogen and oxygen atoms in total. The molecule has 0 saturated heterocycles. The number of carbonyl (C=O) groups is 1. The van der Waals surface area contributed by atoms with Gasteiger partial charge < -0.3 is 16.0 Å². The van der Waals surface area contributed by atoms with E-state index in [0.29, 0.717) is 5.69 Å².